The standard InChI is InChI=1S/C19H24O5/c20-17-14-13-15(9-5-1-3-7-11-18(21)22)16(17)10-6-2-4-8-12-19(23)24/h1-2,5-6,10,13H,3-4,7-9,11-12,14H2,(H,21,22)(H,23,24)/b5-1+,6-2?,16-10?. The molecule has 1 aliphatic rings. The van der Waals surface area contributed by atoms with Crippen LogP contribution in [0.1, 0.15) is 51.4 Å². The van der Waals surface area contributed by atoms with Gasteiger partial charge in [-0.3, -0.25) is 14.4 Å². The van der Waals surface area contributed by atoms with Gasteiger partial charge in [0.1, 0.15) is 0 Å². The Morgan fingerprint density at radius 1 is 1.00 bits per heavy atom. The maximum absolute atomic E-state index is 11.9. The SMILES string of the molecule is O=C(O)CCCC=CC=C1C(=O)CC=C1C/C=C/CCCC(=O)O. The molecule has 2 N–H and O–H groups in total. The third kappa shape index (κ3) is 8.27. The number of rotatable bonds is 11. The number of carbonyl (C=O) groups excluding carboxylic acids is 1. The molecule has 24 heavy (non-hydrogen) atoms. The minimum absolute atomic E-state index is 0.0967. The number of carbonyl (C=O) groups is 3. The molecular weight excluding hydrogens is 308 g/mol. The van der Waals surface area contributed by atoms with Crippen molar-refractivity contribution in [3.63, 3.8) is 0 Å². The molecule has 0 unspecified atom stereocenters. The van der Waals surface area contributed by atoms with Crippen molar-refractivity contribution >= 4 is 17.7 Å². The molecule has 0 saturated carbocycles. The summed E-state index contributed by atoms with van der Waals surface area (Å²) < 4.78 is 0. The molecule has 0 heterocycles. The normalized spacial score (nSPS) is 16.4. The summed E-state index contributed by atoms with van der Waals surface area (Å²) >= 11 is 0. The van der Waals surface area contributed by atoms with Gasteiger partial charge in [0.05, 0.1) is 0 Å². The zero-order chi connectivity index (χ0) is 17.8. The maximum Gasteiger partial charge on any atom is 0.303 e. The van der Waals surface area contributed by atoms with Gasteiger partial charge in [-0.1, -0.05) is 36.5 Å². The molecule has 0 bridgehead atoms. The summed E-state index contributed by atoms with van der Waals surface area (Å²) in [7, 11) is 0. The Hall–Kier alpha value is -2.43. The van der Waals surface area contributed by atoms with E-state index in [1.54, 1.807) is 6.08 Å². The van der Waals surface area contributed by atoms with Crippen LogP contribution in [0.2, 0.25) is 0 Å². The molecule has 5 nitrogen and oxygen atoms in total. The lowest BCUT2D eigenvalue weighted by atomic mass is 10.0. The number of aliphatic carboxylic acids is 2. The molecule has 130 valence electrons. The Labute approximate surface area is 142 Å². The second kappa shape index (κ2) is 11.2. The van der Waals surface area contributed by atoms with Crippen molar-refractivity contribution in [1.82, 2.24) is 0 Å². The predicted molar refractivity (Wildman–Crippen MR) is 91.7 cm³/mol. The third-order valence-electron chi connectivity index (χ3n) is 3.61. The lowest BCUT2D eigenvalue weighted by molar-refractivity contribution is -0.138. The van der Waals surface area contributed by atoms with E-state index in [9.17, 15) is 14.4 Å². The summed E-state index contributed by atoms with van der Waals surface area (Å²) in [4.78, 5) is 32.7. The number of carboxylic acid groups (broad SMARTS) is 2. The van der Waals surface area contributed by atoms with Gasteiger partial charge in [-0.2, -0.15) is 0 Å². The monoisotopic (exact) mass is 332 g/mol. The predicted octanol–water partition coefficient (Wildman–Crippen LogP) is 3.82. The van der Waals surface area contributed by atoms with Crippen molar-refractivity contribution < 1.29 is 24.6 Å². The summed E-state index contributed by atoms with van der Waals surface area (Å²) in [6.07, 6.45) is 15.3. The minimum atomic E-state index is -0.798. The van der Waals surface area contributed by atoms with Crippen LogP contribution in [0, 0.1) is 0 Å². The smallest absolute Gasteiger partial charge is 0.303 e. The van der Waals surface area contributed by atoms with E-state index in [1.807, 2.05) is 30.4 Å². The summed E-state index contributed by atoms with van der Waals surface area (Å²) in [6, 6.07) is 0. The number of unbranched alkanes of at least 4 members (excludes halogenated alkanes) is 2. The second-order valence-electron chi connectivity index (χ2n) is 5.61. The third-order valence-corrected chi connectivity index (χ3v) is 3.61. The van der Waals surface area contributed by atoms with Crippen LogP contribution in [0.3, 0.4) is 0 Å². The van der Waals surface area contributed by atoms with E-state index in [2.05, 4.69) is 0 Å². The van der Waals surface area contributed by atoms with Crippen molar-refractivity contribution in [2.75, 3.05) is 0 Å². The quantitative estimate of drug-likeness (QED) is 0.341. The molecule has 5 heteroatoms. The average Bonchev–Trinajstić information content (AvgIpc) is 2.86. The topological polar surface area (TPSA) is 91.7 Å². The first-order valence-electron chi connectivity index (χ1n) is 8.18. The number of Topliss-reactive ketones (excluding diaryl/α,β-unsaturated/α-hetero) is 1. The van der Waals surface area contributed by atoms with E-state index < -0.39 is 11.9 Å². The van der Waals surface area contributed by atoms with Crippen molar-refractivity contribution in [3.05, 3.63) is 47.6 Å². The highest BCUT2D eigenvalue weighted by Crippen LogP contribution is 2.25. The summed E-state index contributed by atoms with van der Waals surface area (Å²) in [5.74, 6) is -1.49. The molecular formula is C19H24O5. The molecule has 0 amide bonds. The summed E-state index contributed by atoms with van der Waals surface area (Å²) in [5.41, 5.74) is 1.70. The van der Waals surface area contributed by atoms with Crippen LogP contribution in [-0.4, -0.2) is 27.9 Å². The van der Waals surface area contributed by atoms with Crippen molar-refractivity contribution in [2.45, 2.75) is 51.4 Å². The van der Waals surface area contributed by atoms with Crippen molar-refractivity contribution in [1.29, 1.82) is 0 Å². The molecule has 0 aromatic carbocycles. The van der Waals surface area contributed by atoms with Crippen LogP contribution in [0.15, 0.2) is 47.6 Å². The lowest BCUT2D eigenvalue weighted by Crippen LogP contribution is -1.95. The Morgan fingerprint density at radius 3 is 2.25 bits per heavy atom. The first kappa shape index (κ1) is 19.6. The molecule has 0 aliphatic heterocycles. The number of ketones is 1. The largest absolute Gasteiger partial charge is 0.481 e. The Bertz CT molecular complexity index is 579. The van der Waals surface area contributed by atoms with Crippen LogP contribution >= 0.6 is 0 Å². The van der Waals surface area contributed by atoms with E-state index in [0.717, 1.165) is 12.0 Å². The van der Waals surface area contributed by atoms with Gasteiger partial charge in [0.25, 0.3) is 0 Å². The van der Waals surface area contributed by atoms with Crippen LogP contribution in [0.4, 0.5) is 0 Å². The van der Waals surface area contributed by atoms with E-state index >= 15 is 0 Å². The minimum Gasteiger partial charge on any atom is -0.481 e. The van der Waals surface area contributed by atoms with Gasteiger partial charge in [0.15, 0.2) is 5.78 Å². The Balaban J connectivity index is 2.40. The highest BCUT2D eigenvalue weighted by atomic mass is 16.4. The fourth-order valence-electron chi connectivity index (χ4n) is 2.34. The Morgan fingerprint density at radius 2 is 1.62 bits per heavy atom. The van der Waals surface area contributed by atoms with Gasteiger partial charge in [0.2, 0.25) is 0 Å². The van der Waals surface area contributed by atoms with Gasteiger partial charge in [-0.25, -0.2) is 0 Å². The van der Waals surface area contributed by atoms with Crippen molar-refractivity contribution in [3.8, 4) is 0 Å². The van der Waals surface area contributed by atoms with Gasteiger partial charge < -0.3 is 10.2 Å². The van der Waals surface area contributed by atoms with E-state index in [0.29, 0.717) is 37.7 Å². The van der Waals surface area contributed by atoms with Gasteiger partial charge >= 0.3 is 11.9 Å². The van der Waals surface area contributed by atoms with Gasteiger partial charge in [0, 0.05) is 24.8 Å². The van der Waals surface area contributed by atoms with E-state index in [-0.39, 0.29) is 18.6 Å². The molecule has 1 aliphatic carbocycles. The number of carboxylic acids is 2. The fraction of sp³-hybridized carbons (Fsp3) is 0.421. The summed E-state index contributed by atoms with van der Waals surface area (Å²) in [5, 5.41) is 17.1. The fourth-order valence-corrected chi connectivity index (χ4v) is 2.34. The molecule has 0 radical (unpaired) electrons. The van der Waals surface area contributed by atoms with E-state index in [4.69, 9.17) is 10.2 Å². The van der Waals surface area contributed by atoms with Crippen LogP contribution in [-0.2, 0) is 14.4 Å². The van der Waals surface area contributed by atoms with Gasteiger partial charge in [-0.15, -0.1) is 0 Å². The average molecular weight is 332 g/mol. The molecule has 0 fully saturated rings. The zero-order valence-electron chi connectivity index (χ0n) is 13.7. The highest BCUT2D eigenvalue weighted by molar-refractivity contribution is 6.03. The molecule has 0 saturated heterocycles. The molecule has 0 spiro atoms. The first-order chi connectivity index (χ1) is 11.5. The van der Waals surface area contributed by atoms with Crippen LogP contribution in [0.5, 0.6) is 0 Å². The maximum atomic E-state index is 11.9. The zero-order valence-corrected chi connectivity index (χ0v) is 13.7. The molecule has 0 aromatic heterocycles. The number of hydrogen-bond donors (Lipinski definition) is 2. The van der Waals surface area contributed by atoms with E-state index in [1.165, 1.54) is 0 Å². The van der Waals surface area contributed by atoms with Crippen LogP contribution in [0.25, 0.3) is 0 Å². The van der Waals surface area contributed by atoms with Crippen molar-refractivity contribution in [2.24, 2.45) is 0 Å². The van der Waals surface area contributed by atoms with Crippen LogP contribution < -0.4 is 0 Å². The van der Waals surface area contributed by atoms with Gasteiger partial charge in [-0.05, 0) is 37.7 Å². The first-order valence-corrected chi connectivity index (χ1v) is 8.18. The summed E-state index contributed by atoms with van der Waals surface area (Å²) in [6.45, 7) is 0. The molecule has 0 atom stereocenters. The molecule has 1 rings (SSSR count). The second-order valence-corrected chi connectivity index (χ2v) is 5.61. The Kier molecular flexibility index (Phi) is 9.12. The lowest BCUT2D eigenvalue weighted by Gasteiger charge is -2.00. The highest BCUT2D eigenvalue weighted by Gasteiger charge is 2.18. The number of allylic oxidation sites excluding steroid dienone is 8. The molecule has 0 aromatic rings. The number of hydrogen-bond acceptors (Lipinski definition) is 3.